The summed E-state index contributed by atoms with van der Waals surface area (Å²) in [5.41, 5.74) is 9.20. The van der Waals surface area contributed by atoms with Crippen LogP contribution in [0, 0.1) is 13.8 Å². The highest BCUT2D eigenvalue weighted by molar-refractivity contribution is 6.04. The topological polar surface area (TPSA) is 70.1 Å². The quantitative estimate of drug-likeness (QED) is 0.864. The third kappa shape index (κ3) is 2.58. The predicted octanol–water partition coefficient (Wildman–Crippen LogP) is 1.93. The maximum Gasteiger partial charge on any atom is 0.188 e. The highest BCUT2D eigenvalue weighted by atomic mass is 16.5. The Hall–Kier alpha value is -2.14. The molecular weight excluding hydrogens is 254 g/mol. The lowest BCUT2D eigenvalue weighted by Gasteiger charge is -2.15. The van der Waals surface area contributed by atoms with Crippen molar-refractivity contribution < 1.29 is 9.53 Å². The first-order valence-electron chi connectivity index (χ1n) is 6.37. The Bertz CT molecular complexity index is 647. The highest BCUT2D eigenvalue weighted by Crippen LogP contribution is 2.28. The van der Waals surface area contributed by atoms with Gasteiger partial charge in [0.05, 0.1) is 24.9 Å². The van der Waals surface area contributed by atoms with Crippen molar-refractivity contribution in [2.45, 2.75) is 19.9 Å². The number of aromatic nitrogens is 2. The first kappa shape index (κ1) is 14.3. The monoisotopic (exact) mass is 273 g/mol. The summed E-state index contributed by atoms with van der Waals surface area (Å²) in [4.78, 5) is 12.6. The Morgan fingerprint density at radius 1 is 1.40 bits per heavy atom. The second-order valence-electron chi connectivity index (χ2n) is 4.95. The molecule has 0 aliphatic carbocycles. The molecule has 0 amide bonds. The van der Waals surface area contributed by atoms with Crippen molar-refractivity contribution in [3.8, 4) is 5.75 Å². The van der Waals surface area contributed by atoms with E-state index in [1.165, 1.54) is 0 Å². The molecule has 2 aromatic rings. The molecule has 5 heteroatoms. The Morgan fingerprint density at radius 3 is 2.65 bits per heavy atom. The minimum absolute atomic E-state index is 0.160. The summed E-state index contributed by atoms with van der Waals surface area (Å²) < 4.78 is 6.95. The van der Waals surface area contributed by atoms with Crippen LogP contribution in [-0.2, 0) is 7.05 Å². The first-order valence-corrected chi connectivity index (χ1v) is 6.37. The molecule has 0 aliphatic rings. The predicted molar refractivity (Wildman–Crippen MR) is 76.9 cm³/mol. The molecule has 1 unspecified atom stereocenters. The van der Waals surface area contributed by atoms with E-state index in [0.29, 0.717) is 16.9 Å². The van der Waals surface area contributed by atoms with Crippen molar-refractivity contribution in [1.29, 1.82) is 0 Å². The van der Waals surface area contributed by atoms with Crippen LogP contribution in [0.15, 0.2) is 24.5 Å². The number of Topliss-reactive ketones (excluding diaryl/α,β-unsaturated/α-hetero) is 1. The number of nitrogens with zero attached hydrogens (tertiary/aromatic N) is 2. The second kappa shape index (κ2) is 5.46. The molecule has 0 saturated heterocycles. The molecule has 0 bridgehead atoms. The van der Waals surface area contributed by atoms with Gasteiger partial charge >= 0.3 is 0 Å². The minimum atomic E-state index is -0.737. The van der Waals surface area contributed by atoms with Crippen LogP contribution in [0.3, 0.4) is 0 Å². The fraction of sp³-hybridized carbons (Fsp3) is 0.333. The van der Waals surface area contributed by atoms with E-state index >= 15 is 0 Å². The van der Waals surface area contributed by atoms with Crippen LogP contribution in [0.5, 0.6) is 5.75 Å². The number of carbonyl (C=O) groups is 1. The SMILES string of the molecule is COc1cc(C)cc(C)c1C(=O)C(N)c1cnn(C)c1. The molecule has 1 aromatic heterocycles. The van der Waals surface area contributed by atoms with E-state index in [1.807, 2.05) is 26.0 Å². The molecule has 1 aromatic carbocycles. The highest BCUT2D eigenvalue weighted by Gasteiger charge is 2.24. The summed E-state index contributed by atoms with van der Waals surface area (Å²) in [7, 11) is 3.35. The van der Waals surface area contributed by atoms with E-state index in [0.717, 1.165) is 11.1 Å². The van der Waals surface area contributed by atoms with E-state index in [9.17, 15) is 4.79 Å². The van der Waals surface area contributed by atoms with E-state index in [1.54, 1.807) is 31.2 Å². The van der Waals surface area contributed by atoms with Gasteiger partial charge in [-0.3, -0.25) is 9.48 Å². The number of hydrogen-bond donors (Lipinski definition) is 1. The van der Waals surface area contributed by atoms with Gasteiger partial charge in [0.15, 0.2) is 5.78 Å². The Balaban J connectivity index is 2.43. The number of nitrogens with two attached hydrogens (primary N) is 1. The van der Waals surface area contributed by atoms with Gasteiger partial charge in [-0.25, -0.2) is 0 Å². The van der Waals surface area contributed by atoms with Gasteiger partial charge in [0.2, 0.25) is 0 Å². The number of hydrogen-bond acceptors (Lipinski definition) is 4. The summed E-state index contributed by atoms with van der Waals surface area (Å²) in [6.07, 6.45) is 3.36. The van der Waals surface area contributed by atoms with Gasteiger partial charge in [0, 0.05) is 18.8 Å². The van der Waals surface area contributed by atoms with Gasteiger partial charge < -0.3 is 10.5 Å². The van der Waals surface area contributed by atoms with Gasteiger partial charge in [0.25, 0.3) is 0 Å². The molecule has 1 heterocycles. The zero-order chi connectivity index (χ0) is 14.9. The van der Waals surface area contributed by atoms with Gasteiger partial charge in [-0.05, 0) is 31.0 Å². The number of ether oxygens (including phenoxy) is 1. The third-order valence-corrected chi connectivity index (χ3v) is 3.28. The molecule has 0 saturated carbocycles. The Morgan fingerprint density at radius 2 is 2.10 bits per heavy atom. The van der Waals surface area contributed by atoms with Gasteiger partial charge in [-0.1, -0.05) is 6.07 Å². The first-order chi connectivity index (χ1) is 9.43. The second-order valence-corrected chi connectivity index (χ2v) is 4.95. The number of aryl methyl sites for hydroxylation is 3. The number of carbonyl (C=O) groups excluding carboxylic acids is 1. The van der Waals surface area contributed by atoms with Crippen LogP contribution >= 0.6 is 0 Å². The zero-order valence-electron chi connectivity index (χ0n) is 12.2. The maximum atomic E-state index is 12.6. The maximum absolute atomic E-state index is 12.6. The van der Waals surface area contributed by atoms with Crippen molar-refractivity contribution >= 4 is 5.78 Å². The number of rotatable bonds is 4. The van der Waals surface area contributed by atoms with Crippen LogP contribution in [-0.4, -0.2) is 22.7 Å². The molecule has 0 aliphatic heterocycles. The van der Waals surface area contributed by atoms with Crippen LogP contribution in [0.2, 0.25) is 0 Å². The lowest BCUT2D eigenvalue weighted by molar-refractivity contribution is 0.0957. The Labute approximate surface area is 118 Å². The molecule has 20 heavy (non-hydrogen) atoms. The van der Waals surface area contributed by atoms with E-state index in [-0.39, 0.29) is 5.78 Å². The average molecular weight is 273 g/mol. The van der Waals surface area contributed by atoms with Gasteiger partial charge in [-0.15, -0.1) is 0 Å². The van der Waals surface area contributed by atoms with Crippen LogP contribution in [0.25, 0.3) is 0 Å². The summed E-state index contributed by atoms with van der Waals surface area (Å²) in [6.45, 7) is 3.85. The van der Waals surface area contributed by atoms with Crippen LogP contribution < -0.4 is 10.5 Å². The van der Waals surface area contributed by atoms with E-state index in [4.69, 9.17) is 10.5 Å². The van der Waals surface area contributed by atoms with Crippen molar-refractivity contribution in [2.24, 2.45) is 12.8 Å². The molecule has 0 radical (unpaired) electrons. The van der Waals surface area contributed by atoms with Gasteiger partial charge in [0.1, 0.15) is 5.75 Å². The standard InChI is InChI=1S/C15H19N3O2/c1-9-5-10(2)13(12(6-9)20-4)15(19)14(16)11-7-17-18(3)8-11/h5-8,14H,16H2,1-4H3. The number of ketones is 1. The molecule has 2 rings (SSSR count). The average Bonchev–Trinajstić information content (AvgIpc) is 2.82. The zero-order valence-corrected chi connectivity index (χ0v) is 12.2. The fourth-order valence-electron chi connectivity index (χ4n) is 2.31. The molecule has 2 N–H and O–H groups in total. The van der Waals surface area contributed by atoms with Crippen molar-refractivity contribution in [3.63, 3.8) is 0 Å². The van der Waals surface area contributed by atoms with E-state index in [2.05, 4.69) is 5.10 Å². The molecule has 0 fully saturated rings. The number of methoxy groups -OCH3 is 1. The van der Waals surface area contributed by atoms with E-state index < -0.39 is 6.04 Å². The van der Waals surface area contributed by atoms with Crippen molar-refractivity contribution in [1.82, 2.24) is 9.78 Å². The Kier molecular flexibility index (Phi) is 3.90. The smallest absolute Gasteiger partial charge is 0.188 e. The molecule has 0 spiro atoms. The molecule has 1 atom stereocenters. The fourth-order valence-corrected chi connectivity index (χ4v) is 2.31. The minimum Gasteiger partial charge on any atom is -0.496 e. The van der Waals surface area contributed by atoms with Crippen molar-refractivity contribution in [2.75, 3.05) is 7.11 Å². The normalized spacial score (nSPS) is 12.2. The van der Waals surface area contributed by atoms with Crippen LogP contribution in [0.1, 0.15) is 33.1 Å². The molecule has 5 nitrogen and oxygen atoms in total. The summed E-state index contributed by atoms with van der Waals surface area (Å²) >= 11 is 0. The molecule has 106 valence electrons. The summed E-state index contributed by atoms with van der Waals surface area (Å²) in [5.74, 6) is 0.402. The third-order valence-electron chi connectivity index (χ3n) is 3.28. The summed E-state index contributed by atoms with van der Waals surface area (Å²) in [5, 5.41) is 4.05. The number of benzene rings is 1. The van der Waals surface area contributed by atoms with Gasteiger partial charge in [-0.2, -0.15) is 5.10 Å². The molecular formula is C15H19N3O2. The lowest BCUT2D eigenvalue weighted by atomic mass is 9.94. The lowest BCUT2D eigenvalue weighted by Crippen LogP contribution is -2.22. The summed E-state index contributed by atoms with van der Waals surface area (Å²) in [6, 6.07) is 3.06. The largest absolute Gasteiger partial charge is 0.496 e. The van der Waals surface area contributed by atoms with Crippen LogP contribution in [0.4, 0.5) is 0 Å². The van der Waals surface area contributed by atoms with Crippen molar-refractivity contribution in [3.05, 3.63) is 46.8 Å².